The summed E-state index contributed by atoms with van der Waals surface area (Å²) in [7, 11) is 0. The highest BCUT2D eigenvalue weighted by atomic mass is 16.5. The summed E-state index contributed by atoms with van der Waals surface area (Å²) in [5, 5.41) is 5.79. The number of hydrogen-bond donors (Lipinski definition) is 2. The molecule has 1 aliphatic carbocycles. The summed E-state index contributed by atoms with van der Waals surface area (Å²) in [6, 6.07) is 13.1. The Morgan fingerprint density at radius 1 is 1.03 bits per heavy atom. The van der Waals surface area contributed by atoms with Gasteiger partial charge in [-0.25, -0.2) is 4.98 Å². The van der Waals surface area contributed by atoms with Gasteiger partial charge in [-0.15, -0.1) is 0 Å². The first-order valence-corrected chi connectivity index (χ1v) is 11.7. The number of ether oxygens (including phenoxy) is 2. The standard InChI is InChI=1S/C26H30N4O4/c1-3-33-22-12-5-18(15-23(22)34-4-2)13-14-27-25(31)19-8-10-21(11-9-19)30-16-24(28-17-30)29-26(32)20-6-7-20/h5,8-12,15-17,20H,3-4,6-7,13-14H2,1-2H3,(H,27,31)(H,29,32). The van der Waals surface area contributed by atoms with Gasteiger partial charge in [0.2, 0.25) is 5.91 Å². The third-order valence-corrected chi connectivity index (χ3v) is 5.52. The highest BCUT2D eigenvalue weighted by Crippen LogP contribution is 2.30. The SMILES string of the molecule is CCOc1ccc(CCNC(=O)c2ccc(-n3cnc(NC(=O)C4CC4)c3)cc2)cc1OCC. The second-order valence-corrected chi connectivity index (χ2v) is 8.13. The van der Waals surface area contributed by atoms with Gasteiger partial charge in [0, 0.05) is 23.7 Å². The Morgan fingerprint density at radius 3 is 2.47 bits per heavy atom. The van der Waals surface area contributed by atoms with Crippen molar-refractivity contribution in [1.29, 1.82) is 0 Å². The summed E-state index contributed by atoms with van der Waals surface area (Å²) in [5.74, 6) is 2.00. The van der Waals surface area contributed by atoms with Crippen molar-refractivity contribution in [2.24, 2.45) is 5.92 Å². The van der Waals surface area contributed by atoms with E-state index in [4.69, 9.17) is 9.47 Å². The van der Waals surface area contributed by atoms with Crippen LogP contribution in [0.4, 0.5) is 5.82 Å². The number of rotatable bonds is 11. The van der Waals surface area contributed by atoms with Crippen LogP contribution in [0.25, 0.3) is 5.69 Å². The van der Waals surface area contributed by atoms with Crippen LogP contribution in [0.1, 0.15) is 42.6 Å². The summed E-state index contributed by atoms with van der Waals surface area (Å²) in [5.41, 5.74) is 2.49. The molecule has 0 spiro atoms. The highest BCUT2D eigenvalue weighted by molar-refractivity contribution is 5.94. The molecule has 3 aromatic rings. The summed E-state index contributed by atoms with van der Waals surface area (Å²) < 4.78 is 13.1. The molecule has 0 aliphatic heterocycles. The van der Waals surface area contributed by atoms with Gasteiger partial charge in [0.15, 0.2) is 17.3 Å². The first-order valence-electron chi connectivity index (χ1n) is 11.7. The van der Waals surface area contributed by atoms with E-state index in [1.807, 2.05) is 48.7 Å². The van der Waals surface area contributed by atoms with Gasteiger partial charge in [-0.3, -0.25) is 9.59 Å². The maximum atomic E-state index is 12.6. The fourth-order valence-corrected chi connectivity index (χ4v) is 3.56. The average molecular weight is 463 g/mol. The predicted molar refractivity (Wildman–Crippen MR) is 130 cm³/mol. The van der Waals surface area contributed by atoms with Crippen LogP contribution < -0.4 is 20.1 Å². The average Bonchev–Trinajstić information content (AvgIpc) is 3.60. The quantitative estimate of drug-likeness (QED) is 0.449. The Labute approximate surface area is 199 Å². The number of nitrogens with zero attached hydrogens (tertiary/aromatic N) is 2. The zero-order valence-corrected chi connectivity index (χ0v) is 19.5. The number of nitrogens with one attached hydrogen (secondary N) is 2. The number of carbonyl (C=O) groups is 2. The van der Waals surface area contributed by atoms with Crippen molar-refractivity contribution in [2.75, 3.05) is 25.1 Å². The highest BCUT2D eigenvalue weighted by Gasteiger charge is 2.29. The third-order valence-electron chi connectivity index (χ3n) is 5.52. The van der Waals surface area contributed by atoms with Crippen LogP contribution in [0.15, 0.2) is 55.0 Å². The minimum absolute atomic E-state index is 0.0246. The maximum Gasteiger partial charge on any atom is 0.251 e. The van der Waals surface area contributed by atoms with Crippen LogP contribution in [0.2, 0.25) is 0 Å². The number of carbonyl (C=O) groups excluding carboxylic acids is 2. The van der Waals surface area contributed by atoms with Crippen molar-refractivity contribution in [1.82, 2.24) is 14.9 Å². The molecule has 8 nitrogen and oxygen atoms in total. The van der Waals surface area contributed by atoms with E-state index in [-0.39, 0.29) is 17.7 Å². The molecular formula is C26H30N4O4. The number of anilines is 1. The molecule has 2 amide bonds. The van der Waals surface area contributed by atoms with E-state index in [9.17, 15) is 9.59 Å². The van der Waals surface area contributed by atoms with Gasteiger partial charge in [0.05, 0.1) is 19.4 Å². The fourth-order valence-electron chi connectivity index (χ4n) is 3.56. The van der Waals surface area contributed by atoms with Crippen molar-refractivity contribution >= 4 is 17.6 Å². The van der Waals surface area contributed by atoms with Gasteiger partial charge in [0.1, 0.15) is 6.33 Å². The van der Waals surface area contributed by atoms with Crippen LogP contribution in [-0.4, -0.2) is 41.1 Å². The molecule has 1 saturated carbocycles. The summed E-state index contributed by atoms with van der Waals surface area (Å²) >= 11 is 0. The molecular weight excluding hydrogens is 432 g/mol. The number of amides is 2. The number of aromatic nitrogens is 2. The molecule has 1 heterocycles. The molecule has 2 N–H and O–H groups in total. The molecule has 0 unspecified atom stereocenters. The van der Waals surface area contributed by atoms with E-state index >= 15 is 0 Å². The van der Waals surface area contributed by atoms with Crippen LogP contribution in [0.3, 0.4) is 0 Å². The number of imidazole rings is 1. The zero-order valence-electron chi connectivity index (χ0n) is 19.5. The van der Waals surface area contributed by atoms with E-state index in [0.717, 1.165) is 35.6 Å². The Morgan fingerprint density at radius 2 is 1.76 bits per heavy atom. The van der Waals surface area contributed by atoms with Crippen molar-refractivity contribution in [3.05, 3.63) is 66.1 Å². The molecule has 1 aromatic heterocycles. The fraction of sp³-hybridized carbons (Fsp3) is 0.346. The third kappa shape index (κ3) is 5.95. The number of benzene rings is 2. The number of hydrogen-bond acceptors (Lipinski definition) is 5. The molecule has 0 saturated heterocycles. The second kappa shape index (κ2) is 10.9. The Hall–Kier alpha value is -3.81. The molecule has 1 fully saturated rings. The maximum absolute atomic E-state index is 12.6. The van der Waals surface area contributed by atoms with Gasteiger partial charge in [0.25, 0.3) is 5.91 Å². The van der Waals surface area contributed by atoms with Gasteiger partial charge in [-0.1, -0.05) is 6.07 Å². The smallest absolute Gasteiger partial charge is 0.251 e. The van der Waals surface area contributed by atoms with Gasteiger partial charge in [-0.2, -0.15) is 0 Å². The largest absolute Gasteiger partial charge is 0.490 e. The Bertz CT molecular complexity index is 1140. The van der Waals surface area contributed by atoms with Crippen LogP contribution in [-0.2, 0) is 11.2 Å². The van der Waals surface area contributed by atoms with Crippen LogP contribution in [0, 0.1) is 5.92 Å². The summed E-state index contributed by atoms with van der Waals surface area (Å²) in [4.78, 5) is 28.7. The van der Waals surface area contributed by atoms with Gasteiger partial charge >= 0.3 is 0 Å². The van der Waals surface area contributed by atoms with E-state index in [1.54, 1.807) is 24.7 Å². The van der Waals surface area contributed by atoms with Crippen LogP contribution >= 0.6 is 0 Å². The lowest BCUT2D eigenvalue weighted by atomic mass is 10.1. The lowest BCUT2D eigenvalue weighted by Gasteiger charge is -2.12. The molecule has 0 bridgehead atoms. The monoisotopic (exact) mass is 462 g/mol. The molecule has 8 heteroatoms. The summed E-state index contributed by atoms with van der Waals surface area (Å²) in [6.45, 7) is 5.52. The minimum atomic E-state index is -0.134. The van der Waals surface area contributed by atoms with E-state index in [2.05, 4.69) is 15.6 Å². The van der Waals surface area contributed by atoms with Crippen molar-refractivity contribution in [3.63, 3.8) is 0 Å². The van der Waals surface area contributed by atoms with Crippen molar-refractivity contribution < 1.29 is 19.1 Å². The Balaban J connectivity index is 1.30. The normalized spacial score (nSPS) is 12.8. The molecule has 1 aliphatic rings. The first kappa shape index (κ1) is 23.4. The lowest BCUT2D eigenvalue weighted by molar-refractivity contribution is -0.117. The molecule has 178 valence electrons. The van der Waals surface area contributed by atoms with Gasteiger partial charge < -0.3 is 24.7 Å². The minimum Gasteiger partial charge on any atom is -0.490 e. The lowest BCUT2D eigenvalue weighted by Crippen LogP contribution is -2.25. The topological polar surface area (TPSA) is 94.5 Å². The molecule has 34 heavy (non-hydrogen) atoms. The predicted octanol–water partition coefficient (Wildman–Crippen LogP) is 3.99. The zero-order chi connectivity index (χ0) is 23.9. The first-order chi connectivity index (χ1) is 16.6. The molecule has 0 atom stereocenters. The van der Waals surface area contributed by atoms with Crippen LogP contribution in [0.5, 0.6) is 11.5 Å². The molecule has 0 radical (unpaired) electrons. The second-order valence-electron chi connectivity index (χ2n) is 8.13. The van der Waals surface area contributed by atoms with Crippen molar-refractivity contribution in [3.8, 4) is 17.2 Å². The Kier molecular flexibility index (Phi) is 7.47. The van der Waals surface area contributed by atoms with E-state index < -0.39 is 0 Å². The van der Waals surface area contributed by atoms with Crippen molar-refractivity contribution in [2.45, 2.75) is 33.1 Å². The molecule has 2 aromatic carbocycles. The molecule has 4 rings (SSSR count). The van der Waals surface area contributed by atoms with E-state index in [1.165, 1.54) is 0 Å². The van der Waals surface area contributed by atoms with E-state index in [0.29, 0.717) is 37.6 Å². The summed E-state index contributed by atoms with van der Waals surface area (Å²) in [6.07, 6.45) is 5.99. The van der Waals surface area contributed by atoms with Gasteiger partial charge in [-0.05, 0) is 75.1 Å².